The zero-order valence-corrected chi connectivity index (χ0v) is 17.1. The molecule has 0 radical (unpaired) electrons. The van der Waals surface area contributed by atoms with Gasteiger partial charge in [0.05, 0.1) is 4.90 Å². The van der Waals surface area contributed by atoms with E-state index in [1.165, 1.54) is 24.3 Å². The van der Waals surface area contributed by atoms with E-state index in [-0.39, 0.29) is 11.6 Å². The molecule has 2 unspecified atom stereocenters. The molecule has 0 saturated carbocycles. The predicted molar refractivity (Wildman–Crippen MR) is 108 cm³/mol. The maximum atomic E-state index is 13.3. The van der Waals surface area contributed by atoms with Gasteiger partial charge in [0, 0.05) is 11.4 Å². The molecule has 0 aliphatic heterocycles. The van der Waals surface area contributed by atoms with Gasteiger partial charge >= 0.3 is 6.03 Å². The molecule has 2 rings (SSSR count). The summed E-state index contributed by atoms with van der Waals surface area (Å²) in [6.07, 6.45) is 0.628. The summed E-state index contributed by atoms with van der Waals surface area (Å²) >= 11 is 0. The Balaban J connectivity index is 2.11. The zero-order chi connectivity index (χ0) is 22.5. The molecular weight excluding hydrogens is 418 g/mol. The first-order valence-corrected chi connectivity index (χ1v) is 10.5. The summed E-state index contributed by atoms with van der Waals surface area (Å²) in [4.78, 5) is 23.2. The molecule has 162 valence electrons. The number of benzene rings is 2. The largest absolute Gasteiger partial charge is 0.352 e. The molecule has 0 aliphatic rings. The fraction of sp³-hybridized carbons (Fsp3) is 0.263. The van der Waals surface area contributed by atoms with Crippen LogP contribution in [0.3, 0.4) is 0 Å². The number of halogens is 2. The van der Waals surface area contributed by atoms with E-state index in [9.17, 15) is 26.8 Å². The van der Waals surface area contributed by atoms with Crippen LogP contribution in [-0.2, 0) is 14.8 Å². The minimum atomic E-state index is -4.14. The Morgan fingerprint density at radius 3 is 2.17 bits per heavy atom. The molecule has 0 aromatic heterocycles. The highest BCUT2D eigenvalue weighted by molar-refractivity contribution is 7.92. The molecule has 3 amide bonds. The number of sulfonamides is 1. The van der Waals surface area contributed by atoms with Gasteiger partial charge in [-0.1, -0.05) is 20.3 Å². The van der Waals surface area contributed by atoms with Crippen LogP contribution in [0.2, 0.25) is 0 Å². The molecular formula is C19H22F2N4O4S. The molecule has 2 aromatic carbocycles. The first-order chi connectivity index (χ1) is 14.0. The average Bonchev–Trinajstić information content (AvgIpc) is 2.68. The van der Waals surface area contributed by atoms with Crippen molar-refractivity contribution in [1.82, 2.24) is 5.32 Å². The lowest BCUT2D eigenvalue weighted by Gasteiger charge is -2.22. The van der Waals surface area contributed by atoms with Crippen LogP contribution in [0.15, 0.2) is 47.4 Å². The molecule has 5 N–H and O–H groups in total. The summed E-state index contributed by atoms with van der Waals surface area (Å²) in [5, 5.41) is 5.02. The van der Waals surface area contributed by atoms with E-state index < -0.39 is 44.5 Å². The maximum Gasteiger partial charge on any atom is 0.312 e. The SMILES string of the molecule is CCC(C)C(NC(N)=O)C(=O)Nc1ccc(NS(=O)(=O)c2ccc(F)c(F)c2)cc1. The van der Waals surface area contributed by atoms with Crippen molar-refractivity contribution < 1.29 is 26.8 Å². The fourth-order valence-corrected chi connectivity index (χ4v) is 3.62. The van der Waals surface area contributed by atoms with Crippen LogP contribution in [0.5, 0.6) is 0 Å². The van der Waals surface area contributed by atoms with Crippen molar-refractivity contribution in [1.29, 1.82) is 0 Å². The van der Waals surface area contributed by atoms with Gasteiger partial charge in [0.25, 0.3) is 10.0 Å². The quantitative estimate of drug-likeness (QED) is 0.503. The number of nitrogens with one attached hydrogen (secondary N) is 3. The summed E-state index contributed by atoms with van der Waals surface area (Å²) in [7, 11) is -4.14. The highest BCUT2D eigenvalue weighted by Crippen LogP contribution is 2.20. The average molecular weight is 440 g/mol. The highest BCUT2D eigenvalue weighted by atomic mass is 32.2. The summed E-state index contributed by atoms with van der Waals surface area (Å²) in [5.41, 5.74) is 5.62. The fourth-order valence-electron chi connectivity index (χ4n) is 2.55. The molecule has 11 heteroatoms. The predicted octanol–water partition coefficient (Wildman–Crippen LogP) is 2.79. The maximum absolute atomic E-state index is 13.3. The number of carbonyl (C=O) groups is 2. The van der Waals surface area contributed by atoms with E-state index in [0.717, 1.165) is 12.1 Å². The van der Waals surface area contributed by atoms with E-state index in [4.69, 9.17) is 5.73 Å². The Bertz CT molecular complexity index is 1030. The van der Waals surface area contributed by atoms with Gasteiger partial charge in [0.1, 0.15) is 6.04 Å². The van der Waals surface area contributed by atoms with Gasteiger partial charge in [-0.3, -0.25) is 9.52 Å². The van der Waals surface area contributed by atoms with Crippen molar-refractivity contribution >= 4 is 33.3 Å². The topological polar surface area (TPSA) is 130 Å². The van der Waals surface area contributed by atoms with Crippen LogP contribution in [0, 0.1) is 17.6 Å². The smallest absolute Gasteiger partial charge is 0.312 e. The third-order valence-corrected chi connectivity index (χ3v) is 5.78. The van der Waals surface area contributed by atoms with Crippen LogP contribution in [0.25, 0.3) is 0 Å². The second kappa shape index (κ2) is 9.53. The first kappa shape index (κ1) is 23.1. The Hall–Kier alpha value is -3.21. The number of rotatable bonds is 8. The van der Waals surface area contributed by atoms with E-state index in [1.807, 2.05) is 6.92 Å². The summed E-state index contributed by atoms with van der Waals surface area (Å²) in [6, 6.07) is 6.23. The number of carbonyl (C=O) groups excluding carboxylic acids is 2. The van der Waals surface area contributed by atoms with Crippen molar-refractivity contribution in [2.75, 3.05) is 10.0 Å². The Labute approximate surface area is 172 Å². The number of nitrogens with two attached hydrogens (primary N) is 1. The van der Waals surface area contributed by atoms with Crippen molar-refractivity contribution in [2.24, 2.45) is 11.7 Å². The van der Waals surface area contributed by atoms with Gasteiger partial charge in [0.2, 0.25) is 5.91 Å². The number of anilines is 2. The molecule has 30 heavy (non-hydrogen) atoms. The Morgan fingerprint density at radius 1 is 1.03 bits per heavy atom. The van der Waals surface area contributed by atoms with E-state index in [1.54, 1.807) is 6.92 Å². The Morgan fingerprint density at radius 2 is 1.63 bits per heavy atom. The van der Waals surface area contributed by atoms with Crippen molar-refractivity contribution in [3.05, 3.63) is 54.1 Å². The summed E-state index contributed by atoms with van der Waals surface area (Å²) in [5.74, 6) is -3.08. The summed E-state index contributed by atoms with van der Waals surface area (Å²) in [6.45, 7) is 3.65. The van der Waals surface area contributed by atoms with Crippen molar-refractivity contribution in [2.45, 2.75) is 31.2 Å². The van der Waals surface area contributed by atoms with Crippen LogP contribution in [-0.4, -0.2) is 26.4 Å². The van der Waals surface area contributed by atoms with Gasteiger partial charge in [-0.15, -0.1) is 0 Å². The molecule has 2 atom stereocenters. The molecule has 0 heterocycles. The van der Waals surface area contributed by atoms with Gasteiger partial charge in [-0.25, -0.2) is 22.0 Å². The van der Waals surface area contributed by atoms with Gasteiger partial charge < -0.3 is 16.4 Å². The molecule has 0 saturated heterocycles. The molecule has 0 bridgehead atoms. The number of amides is 3. The molecule has 0 fully saturated rings. The molecule has 8 nitrogen and oxygen atoms in total. The van der Waals surface area contributed by atoms with Crippen molar-refractivity contribution in [3.8, 4) is 0 Å². The monoisotopic (exact) mass is 440 g/mol. The first-order valence-electron chi connectivity index (χ1n) is 8.98. The second-order valence-electron chi connectivity index (χ2n) is 6.62. The standard InChI is InChI=1S/C19H22F2N4O4S/c1-3-11(2)17(24-19(22)27)18(26)23-12-4-6-13(7-5-12)25-30(28,29)14-8-9-15(20)16(21)10-14/h4-11,17,25H,3H2,1-2H3,(H,23,26)(H3,22,24,27). The van der Waals surface area contributed by atoms with Crippen LogP contribution < -0.4 is 21.1 Å². The minimum absolute atomic E-state index is 0.145. The van der Waals surface area contributed by atoms with Crippen molar-refractivity contribution in [3.63, 3.8) is 0 Å². The van der Waals surface area contributed by atoms with Crippen LogP contribution in [0.4, 0.5) is 25.0 Å². The zero-order valence-electron chi connectivity index (χ0n) is 16.3. The van der Waals surface area contributed by atoms with E-state index >= 15 is 0 Å². The minimum Gasteiger partial charge on any atom is -0.352 e. The van der Waals surface area contributed by atoms with E-state index in [0.29, 0.717) is 18.2 Å². The second-order valence-corrected chi connectivity index (χ2v) is 8.30. The summed E-state index contributed by atoms with van der Waals surface area (Å²) < 4.78 is 53.2. The lowest BCUT2D eigenvalue weighted by atomic mass is 9.98. The number of urea groups is 1. The van der Waals surface area contributed by atoms with Crippen LogP contribution in [0.1, 0.15) is 20.3 Å². The lowest BCUT2D eigenvalue weighted by molar-refractivity contribution is -0.119. The van der Waals surface area contributed by atoms with E-state index in [2.05, 4.69) is 15.4 Å². The van der Waals surface area contributed by atoms with Gasteiger partial charge in [0.15, 0.2) is 11.6 Å². The number of primary amides is 1. The molecule has 2 aromatic rings. The number of hydrogen-bond acceptors (Lipinski definition) is 4. The van der Waals surface area contributed by atoms with Gasteiger partial charge in [-0.05, 0) is 48.4 Å². The molecule has 0 spiro atoms. The third kappa shape index (κ3) is 5.89. The van der Waals surface area contributed by atoms with Crippen LogP contribution >= 0.6 is 0 Å². The van der Waals surface area contributed by atoms with Gasteiger partial charge in [-0.2, -0.15) is 0 Å². The third-order valence-electron chi connectivity index (χ3n) is 4.40. The number of hydrogen-bond donors (Lipinski definition) is 4. The molecule has 0 aliphatic carbocycles. The lowest BCUT2D eigenvalue weighted by Crippen LogP contribution is -2.49. The normalized spacial score (nSPS) is 13.2. The Kier molecular flexibility index (Phi) is 7.33. The highest BCUT2D eigenvalue weighted by Gasteiger charge is 2.25.